The van der Waals surface area contributed by atoms with Gasteiger partial charge >= 0.3 is 0 Å². The maximum absolute atomic E-state index is 13.5. The second kappa shape index (κ2) is 13.6. The van der Waals surface area contributed by atoms with Crippen molar-refractivity contribution < 1.29 is 28.7 Å². The van der Waals surface area contributed by atoms with Crippen molar-refractivity contribution in [1.82, 2.24) is 34.9 Å². The molecule has 0 saturated carbocycles. The molecule has 2 fully saturated rings. The number of nitrogens with zero attached hydrogens (tertiary/aromatic N) is 6. The minimum atomic E-state index is -1.06. The number of nitrogen functional groups attached to an aromatic ring is 1. The number of hydrogen-bond acceptors (Lipinski definition) is 11. The van der Waals surface area contributed by atoms with Crippen LogP contribution in [0.3, 0.4) is 0 Å². The molecule has 0 radical (unpaired) electrons. The summed E-state index contributed by atoms with van der Waals surface area (Å²) in [6, 6.07) is 20.9. The zero-order valence-electron chi connectivity index (χ0n) is 27.7. The third kappa shape index (κ3) is 6.02. The molecule has 3 aliphatic rings. The van der Waals surface area contributed by atoms with Crippen molar-refractivity contribution in [3.63, 3.8) is 0 Å². The quantitative estimate of drug-likeness (QED) is 0.173. The van der Waals surface area contributed by atoms with Crippen LogP contribution in [0.15, 0.2) is 84.0 Å². The van der Waals surface area contributed by atoms with Gasteiger partial charge in [0.1, 0.15) is 35.4 Å². The zero-order valence-corrected chi connectivity index (χ0v) is 28.5. The Morgan fingerprint density at radius 3 is 2.38 bits per heavy atom. The van der Waals surface area contributed by atoms with Gasteiger partial charge < -0.3 is 15.4 Å². The number of benzene rings is 3. The van der Waals surface area contributed by atoms with Crippen LogP contribution in [0.2, 0.25) is 0 Å². The van der Waals surface area contributed by atoms with E-state index in [1.54, 1.807) is 17.0 Å². The molecule has 3 N–H and O–H groups in total. The summed E-state index contributed by atoms with van der Waals surface area (Å²) in [5, 5.41) is 7.85. The Balaban J connectivity index is 0.935. The van der Waals surface area contributed by atoms with Crippen LogP contribution in [0.25, 0.3) is 22.3 Å². The molecule has 8 rings (SSSR count). The normalized spacial score (nSPS) is 17.8. The summed E-state index contributed by atoms with van der Waals surface area (Å²) in [6.07, 6.45) is 2.80. The van der Waals surface area contributed by atoms with Gasteiger partial charge in [-0.2, -0.15) is 5.10 Å². The molecule has 14 nitrogen and oxygen atoms in total. The second-order valence-corrected chi connectivity index (χ2v) is 13.7. The summed E-state index contributed by atoms with van der Waals surface area (Å²) >= 11 is 1.18. The monoisotopic (exact) mass is 716 g/mol. The van der Waals surface area contributed by atoms with Crippen molar-refractivity contribution in [3.05, 3.63) is 90.3 Å². The molecule has 5 heterocycles. The fourth-order valence-corrected chi connectivity index (χ4v) is 7.93. The van der Waals surface area contributed by atoms with E-state index in [-0.39, 0.29) is 41.7 Å². The fourth-order valence-electron chi connectivity index (χ4n) is 6.95. The van der Waals surface area contributed by atoms with Crippen molar-refractivity contribution in [1.29, 1.82) is 0 Å². The number of nitrogens with two attached hydrogens (primary N) is 1. The van der Waals surface area contributed by atoms with Gasteiger partial charge in [0.2, 0.25) is 17.7 Å². The van der Waals surface area contributed by atoms with Gasteiger partial charge in [0.25, 0.3) is 11.8 Å². The van der Waals surface area contributed by atoms with Gasteiger partial charge in [0, 0.05) is 30.0 Å². The molecule has 2 saturated heterocycles. The second-order valence-electron chi connectivity index (χ2n) is 12.7. The first kappa shape index (κ1) is 33.1. The number of amides is 5. The number of para-hydroxylation sites is 1. The lowest BCUT2D eigenvalue weighted by Gasteiger charge is -2.32. The SMILES string of the molecule is Nc1ncnc2c1c(-c1ccc(Oc3ccccc3)cc1)nn2C1CCN(C(=O)CSc2cccc3c2C(=O)N(C2CCC(=O)NC2=O)C3=O)CC1. The molecule has 0 bridgehead atoms. The number of nitrogens with one attached hydrogen (secondary N) is 1. The topological polar surface area (TPSA) is 183 Å². The Morgan fingerprint density at radius 2 is 1.63 bits per heavy atom. The van der Waals surface area contributed by atoms with Crippen molar-refractivity contribution in [2.24, 2.45) is 0 Å². The Morgan fingerprint density at radius 1 is 0.885 bits per heavy atom. The van der Waals surface area contributed by atoms with E-state index in [4.69, 9.17) is 15.6 Å². The van der Waals surface area contributed by atoms with E-state index >= 15 is 0 Å². The number of anilines is 1. The minimum Gasteiger partial charge on any atom is -0.457 e. The lowest BCUT2D eigenvalue weighted by molar-refractivity contribution is -0.136. The van der Waals surface area contributed by atoms with E-state index in [0.29, 0.717) is 59.1 Å². The summed E-state index contributed by atoms with van der Waals surface area (Å²) < 4.78 is 7.84. The molecule has 0 aliphatic carbocycles. The smallest absolute Gasteiger partial charge is 0.263 e. The highest BCUT2D eigenvalue weighted by Crippen LogP contribution is 2.37. The van der Waals surface area contributed by atoms with Crippen molar-refractivity contribution in [2.45, 2.75) is 42.7 Å². The van der Waals surface area contributed by atoms with Crippen molar-refractivity contribution in [2.75, 3.05) is 24.6 Å². The van der Waals surface area contributed by atoms with E-state index in [1.807, 2.05) is 59.3 Å². The van der Waals surface area contributed by atoms with Crippen LogP contribution in [0.5, 0.6) is 11.5 Å². The van der Waals surface area contributed by atoms with Crippen LogP contribution in [-0.2, 0) is 14.4 Å². The number of ether oxygens (including phenoxy) is 1. The van der Waals surface area contributed by atoms with Crippen LogP contribution < -0.4 is 15.8 Å². The Hall–Kier alpha value is -6.09. The van der Waals surface area contributed by atoms with E-state index in [9.17, 15) is 24.0 Å². The largest absolute Gasteiger partial charge is 0.457 e. The van der Waals surface area contributed by atoms with Gasteiger partial charge in [0.15, 0.2) is 5.65 Å². The highest BCUT2D eigenvalue weighted by molar-refractivity contribution is 8.00. The highest BCUT2D eigenvalue weighted by Gasteiger charge is 2.45. The third-order valence-corrected chi connectivity index (χ3v) is 10.6. The summed E-state index contributed by atoms with van der Waals surface area (Å²) in [7, 11) is 0. The predicted octanol–water partition coefficient (Wildman–Crippen LogP) is 4.22. The fraction of sp³-hybridized carbons (Fsp3) is 0.243. The van der Waals surface area contributed by atoms with Gasteiger partial charge in [-0.1, -0.05) is 24.3 Å². The van der Waals surface area contributed by atoms with Crippen molar-refractivity contribution in [3.8, 4) is 22.8 Å². The molecule has 3 aliphatic heterocycles. The van der Waals surface area contributed by atoms with Crippen LogP contribution >= 0.6 is 11.8 Å². The van der Waals surface area contributed by atoms with Gasteiger partial charge in [-0.25, -0.2) is 14.6 Å². The lowest BCUT2D eigenvalue weighted by atomic mass is 10.0. The Labute approximate surface area is 301 Å². The molecule has 15 heteroatoms. The number of carbonyl (C=O) groups is 5. The molecule has 1 unspecified atom stereocenters. The van der Waals surface area contributed by atoms with Crippen LogP contribution in [0, 0.1) is 0 Å². The molecule has 1 atom stereocenters. The van der Waals surface area contributed by atoms with E-state index in [1.165, 1.54) is 24.2 Å². The molecule has 0 spiro atoms. The molecule has 3 aromatic carbocycles. The molecular weight excluding hydrogens is 685 g/mol. The number of hydrogen-bond donors (Lipinski definition) is 2. The number of piperidine rings is 2. The van der Waals surface area contributed by atoms with Gasteiger partial charge in [-0.15, -0.1) is 11.8 Å². The van der Waals surface area contributed by atoms with Crippen molar-refractivity contribution >= 4 is 58.1 Å². The maximum Gasteiger partial charge on any atom is 0.263 e. The summed E-state index contributed by atoms with van der Waals surface area (Å²) in [5.74, 6) is -0.582. The number of fused-ring (bicyclic) bond motifs is 2. The first-order valence-electron chi connectivity index (χ1n) is 16.8. The van der Waals surface area contributed by atoms with E-state index < -0.39 is 29.7 Å². The molecule has 5 aromatic rings. The first-order chi connectivity index (χ1) is 25.3. The number of aromatic nitrogens is 4. The van der Waals surface area contributed by atoms with E-state index in [2.05, 4.69) is 15.3 Å². The number of rotatable bonds is 8. The average molecular weight is 717 g/mol. The number of likely N-dealkylation sites (tertiary alicyclic amines) is 1. The number of imide groups is 2. The molecule has 5 amide bonds. The maximum atomic E-state index is 13.5. The Bertz CT molecular complexity index is 2250. The average Bonchev–Trinajstić information content (AvgIpc) is 3.67. The van der Waals surface area contributed by atoms with Gasteiger partial charge in [-0.05, 0) is 67.8 Å². The van der Waals surface area contributed by atoms with Crippen LogP contribution in [0.1, 0.15) is 52.4 Å². The van der Waals surface area contributed by atoms with E-state index in [0.717, 1.165) is 16.2 Å². The van der Waals surface area contributed by atoms with Gasteiger partial charge in [0.05, 0.1) is 28.3 Å². The first-order valence-corrected chi connectivity index (χ1v) is 17.8. The minimum absolute atomic E-state index is 0.0371. The molecule has 262 valence electrons. The standard InChI is InChI=1S/C37H32N8O6S/c38-33-31-32(21-9-11-24(12-10-21)51-23-5-2-1-3-6-23)42-45(34(31)40-20-39-33)22-15-17-43(18-16-22)29(47)19-52-27-8-4-7-25-30(27)37(50)44(36(25)49)26-13-14-28(46)41-35(26)48/h1-12,20,22,26H,13-19H2,(H2,38,39,40)(H,41,46,48). The highest BCUT2D eigenvalue weighted by atomic mass is 32.2. The van der Waals surface area contributed by atoms with Gasteiger partial charge in [-0.3, -0.25) is 34.2 Å². The molecule has 52 heavy (non-hydrogen) atoms. The number of thioether (sulfide) groups is 1. The summed E-state index contributed by atoms with van der Waals surface area (Å²) in [6.45, 7) is 0.973. The predicted molar refractivity (Wildman–Crippen MR) is 190 cm³/mol. The summed E-state index contributed by atoms with van der Waals surface area (Å²) in [5.41, 5.74) is 8.84. The summed E-state index contributed by atoms with van der Waals surface area (Å²) in [4.78, 5) is 76.2. The molecule has 2 aromatic heterocycles. The molecular formula is C37H32N8O6S. The Kier molecular flexibility index (Phi) is 8.63. The zero-order chi connectivity index (χ0) is 35.9. The van der Waals surface area contributed by atoms with Crippen LogP contribution in [-0.4, -0.2) is 84.0 Å². The lowest BCUT2D eigenvalue weighted by Crippen LogP contribution is -2.54. The number of carbonyl (C=O) groups excluding carboxylic acids is 5. The van der Waals surface area contributed by atoms with Crippen LogP contribution in [0.4, 0.5) is 5.82 Å². The third-order valence-electron chi connectivity index (χ3n) is 9.57.